The molecule has 0 aliphatic carbocycles. The zero-order chi connectivity index (χ0) is 19.7. The minimum Gasteiger partial charge on any atom is -0.460 e. The van der Waals surface area contributed by atoms with E-state index < -0.39 is 18.1 Å². The molecule has 0 radical (unpaired) electrons. The van der Waals surface area contributed by atoms with Gasteiger partial charge in [-0.3, -0.25) is 0 Å². The third kappa shape index (κ3) is 3.48. The van der Waals surface area contributed by atoms with Gasteiger partial charge < -0.3 is 18.7 Å². The first-order valence-electron chi connectivity index (χ1n) is 8.77. The highest BCUT2D eigenvalue weighted by Crippen LogP contribution is 2.37. The standard InChI is InChI=1S/C21H18FNO5/c1-12-18(13(2)28-23-12)20(24)25-10-15-8-17(22)9-16-11-26-21(27-19(15)16)14-6-4-3-5-7-14/h3-9,21H,10-11H2,1-2H3. The molecule has 144 valence electrons. The van der Waals surface area contributed by atoms with Crippen LogP contribution in [0.3, 0.4) is 0 Å². The number of benzene rings is 2. The zero-order valence-electron chi connectivity index (χ0n) is 15.4. The first-order chi connectivity index (χ1) is 13.5. The SMILES string of the molecule is Cc1noc(C)c1C(=O)OCc1cc(F)cc2c1OC(c1ccccc1)OC2. The van der Waals surface area contributed by atoms with Gasteiger partial charge in [0.2, 0.25) is 6.29 Å². The molecule has 1 atom stereocenters. The average molecular weight is 383 g/mol. The molecule has 2 heterocycles. The molecule has 1 aliphatic rings. The Morgan fingerprint density at radius 1 is 1.25 bits per heavy atom. The fourth-order valence-corrected chi connectivity index (χ4v) is 3.15. The molecule has 2 aromatic carbocycles. The molecule has 0 bridgehead atoms. The van der Waals surface area contributed by atoms with Gasteiger partial charge in [-0.05, 0) is 26.0 Å². The maximum absolute atomic E-state index is 14.0. The molecule has 1 aliphatic heterocycles. The van der Waals surface area contributed by atoms with Crippen LogP contribution in [0.1, 0.15) is 44.8 Å². The number of aryl methyl sites for hydroxylation is 2. The lowest BCUT2D eigenvalue weighted by Gasteiger charge is -2.28. The molecule has 4 rings (SSSR count). The molecule has 0 saturated carbocycles. The molecule has 0 N–H and O–H groups in total. The van der Waals surface area contributed by atoms with E-state index in [1.807, 2.05) is 30.3 Å². The van der Waals surface area contributed by atoms with Gasteiger partial charge in [-0.1, -0.05) is 35.5 Å². The Bertz CT molecular complexity index is 996. The maximum atomic E-state index is 14.0. The van der Waals surface area contributed by atoms with Gasteiger partial charge in [-0.15, -0.1) is 0 Å². The molecule has 0 fully saturated rings. The van der Waals surface area contributed by atoms with Crippen LogP contribution in [0, 0.1) is 19.7 Å². The quantitative estimate of drug-likeness (QED) is 0.622. The van der Waals surface area contributed by atoms with Gasteiger partial charge in [0.1, 0.15) is 29.5 Å². The van der Waals surface area contributed by atoms with Crippen molar-refractivity contribution in [1.82, 2.24) is 5.16 Å². The summed E-state index contributed by atoms with van der Waals surface area (Å²) in [5.74, 6) is -0.195. The summed E-state index contributed by atoms with van der Waals surface area (Å²) < 4.78 is 36.0. The first-order valence-corrected chi connectivity index (χ1v) is 8.77. The first kappa shape index (κ1) is 18.2. The van der Waals surface area contributed by atoms with Crippen molar-refractivity contribution >= 4 is 5.97 Å². The summed E-state index contributed by atoms with van der Waals surface area (Å²) in [6.45, 7) is 3.33. The van der Waals surface area contributed by atoms with Crippen molar-refractivity contribution in [3.63, 3.8) is 0 Å². The van der Waals surface area contributed by atoms with Crippen LogP contribution in [0.4, 0.5) is 4.39 Å². The van der Waals surface area contributed by atoms with E-state index in [-0.39, 0.29) is 18.8 Å². The average Bonchev–Trinajstić information content (AvgIpc) is 3.04. The normalized spacial score (nSPS) is 15.6. The summed E-state index contributed by atoms with van der Waals surface area (Å²) >= 11 is 0. The number of halogens is 1. The van der Waals surface area contributed by atoms with E-state index >= 15 is 0 Å². The molecule has 28 heavy (non-hydrogen) atoms. The molecule has 6 nitrogen and oxygen atoms in total. The number of esters is 1. The van der Waals surface area contributed by atoms with Crippen molar-refractivity contribution in [1.29, 1.82) is 0 Å². The smallest absolute Gasteiger partial charge is 0.344 e. The number of fused-ring (bicyclic) bond motifs is 1. The molecule has 1 aromatic heterocycles. The monoisotopic (exact) mass is 383 g/mol. The number of nitrogens with zero attached hydrogens (tertiary/aromatic N) is 1. The third-order valence-electron chi connectivity index (χ3n) is 4.49. The van der Waals surface area contributed by atoms with Crippen LogP contribution in [-0.2, 0) is 22.7 Å². The molecule has 0 saturated heterocycles. The van der Waals surface area contributed by atoms with Crippen LogP contribution in [0.15, 0.2) is 47.0 Å². The van der Waals surface area contributed by atoms with Gasteiger partial charge in [0.05, 0.1) is 12.3 Å². The van der Waals surface area contributed by atoms with Crippen molar-refractivity contribution < 1.29 is 27.9 Å². The summed E-state index contributed by atoms with van der Waals surface area (Å²) in [4.78, 5) is 12.4. The van der Waals surface area contributed by atoms with Crippen molar-refractivity contribution in [3.8, 4) is 5.75 Å². The lowest BCUT2D eigenvalue weighted by Crippen LogP contribution is -2.20. The van der Waals surface area contributed by atoms with Crippen LogP contribution >= 0.6 is 0 Å². The minimum atomic E-state index is -0.615. The van der Waals surface area contributed by atoms with Crippen LogP contribution in [0.5, 0.6) is 5.75 Å². The second kappa shape index (κ2) is 7.44. The van der Waals surface area contributed by atoms with Crippen molar-refractivity contribution in [2.45, 2.75) is 33.4 Å². The summed E-state index contributed by atoms with van der Waals surface area (Å²) in [6.07, 6.45) is -0.615. The molecule has 7 heteroatoms. The van der Waals surface area contributed by atoms with Gasteiger partial charge in [0.25, 0.3) is 0 Å². The Morgan fingerprint density at radius 3 is 2.75 bits per heavy atom. The number of carbonyl (C=O) groups is 1. The highest BCUT2D eigenvalue weighted by atomic mass is 19.1. The summed E-state index contributed by atoms with van der Waals surface area (Å²) in [5, 5.41) is 3.74. The van der Waals surface area contributed by atoms with Gasteiger partial charge in [-0.2, -0.15) is 0 Å². The van der Waals surface area contributed by atoms with Crippen LogP contribution < -0.4 is 4.74 Å². The number of carbonyl (C=O) groups excluding carboxylic acids is 1. The molecule has 1 unspecified atom stereocenters. The van der Waals surface area contributed by atoms with Gasteiger partial charge in [-0.25, -0.2) is 9.18 Å². The van der Waals surface area contributed by atoms with E-state index in [4.69, 9.17) is 18.7 Å². The van der Waals surface area contributed by atoms with Gasteiger partial charge >= 0.3 is 5.97 Å². The number of hydrogen-bond donors (Lipinski definition) is 0. The Hall–Kier alpha value is -3.19. The molecular weight excluding hydrogens is 365 g/mol. The largest absolute Gasteiger partial charge is 0.460 e. The lowest BCUT2D eigenvalue weighted by molar-refractivity contribution is -0.112. The Labute approximate surface area is 160 Å². The zero-order valence-corrected chi connectivity index (χ0v) is 15.4. The van der Waals surface area contributed by atoms with Crippen molar-refractivity contribution in [2.75, 3.05) is 0 Å². The number of rotatable bonds is 4. The van der Waals surface area contributed by atoms with Crippen molar-refractivity contribution in [2.24, 2.45) is 0 Å². The summed E-state index contributed by atoms with van der Waals surface area (Å²) in [5.41, 5.74) is 2.56. The minimum absolute atomic E-state index is 0.148. The molecule has 3 aromatic rings. The lowest BCUT2D eigenvalue weighted by atomic mass is 10.1. The molecule has 0 amide bonds. The number of hydrogen-bond acceptors (Lipinski definition) is 6. The molecule has 0 spiro atoms. The van der Waals surface area contributed by atoms with Gasteiger partial charge in [0.15, 0.2) is 0 Å². The van der Waals surface area contributed by atoms with E-state index in [1.165, 1.54) is 12.1 Å². The molecular formula is C21H18FNO5. The van der Waals surface area contributed by atoms with E-state index in [9.17, 15) is 9.18 Å². The second-order valence-electron chi connectivity index (χ2n) is 6.50. The Kier molecular flexibility index (Phi) is 4.83. The predicted octanol–water partition coefficient (Wildman–Crippen LogP) is 4.40. The Balaban J connectivity index is 1.57. The van der Waals surface area contributed by atoms with E-state index in [0.717, 1.165) is 5.56 Å². The fraction of sp³-hybridized carbons (Fsp3) is 0.238. The van der Waals surface area contributed by atoms with Crippen molar-refractivity contribution in [3.05, 3.63) is 82.0 Å². The maximum Gasteiger partial charge on any atom is 0.344 e. The van der Waals surface area contributed by atoms with E-state index in [2.05, 4.69) is 5.16 Å². The highest BCUT2D eigenvalue weighted by molar-refractivity contribution is 5.91. The Morgan fingerprint density at radius 2 is 2.04 bits per heavy atom. The predicted molar refractivity (Wildman–Crippen MR) is 96.1 cm³/mol. The number of aromatic nitrogens is 1. The van der Waals surface area contributed by atoms with E-state index in [1.54, 1.807) is 13.8 Å². The van der Waals surface area contributed by atoms with E-state index in [0.29, 0.717) is 28.3 Å². The van der Waals surface area contributed by atoms with Crippen LogP contribution in [-0.4, -0.2) is 11.1 Å². The topological polar surface area (TPSA) is 70.8 Å². The van der Waals surface area contributed by atoms with Crippen LogP contribution in [0.2, 0.25) is 0 Å². The van der Waals surface area contributed by atoms with Gasteiger partial charge in [0, 0.05) is 16.7 Å². The van der Waals surface area contributed by atoms with Crippen LogP contribution in [0.25, 0.3) is 0 Å². The number of ether oxygens (including phenoxy) is 3. The highest BCUT2D eigenvalue weighted by Gasteiger charge is 2.26. The summed E-state index contributed by atoms with van der Waals surface area (Å²) in [6, 6.07) is 12.1. The second-order valence-corrected chi connectivity index (χ2v) is 6.50. The summed E-state index contributed by atoms with van der Waals surface area (Å²) in [7, 11) is 0. The fourth-order valence-electron chi connectivity index (χ4n) is 3.15. The third-order valence-corrected chi connectivity index (χ3v) is 4.49.